The van der Waals surface area contributed by atoms with Crippen LogP contribution >= 0.6 is 20.0 Å². The van der Waals surface area contributed by atoms with Gasteiger partial charge in [0.15, 0.2) is 11.1 Å². The highest BCUT2D eigenvalue weighted by Gasteiger charge is 2.68. The van der Waals surface area contributed by atoms with Crippen LogP contribution in [0.5, 0.6) is 0 Å². The Hall–Kier alpha value is -1.12. The lowest BCUT2D eigenvalue weighted by molar-refractivity contribution is -0.239. The minimum Gasteiger partial charge on any atom is -0.386 e. The third-order valence-electron chi connectivity index (χ3n) is 3.69. The van der Waals surface area contributed by atoms with Gasteiger partial charge in [-0.2, -0.15) is 0 Å². The summed E-state index contributed by atoms with van der Waals surface area (Å²) in [5, 5.41) is 16.7. The first-order valence-electron chi connectivity index (χ1n) is 6.79. The first-order chi connectivity index (χ1) is 12.1. The molecule has 0 unspecified atom stereocenters. The summed E-state index contributed by atoms with van der Waals surface area (Å²) in [7, 11) is 10.7. The first-order valence-corrected chi connectivity index (χ1v) is 8.72. The van der Waals surface area contributed by atoms with Crippen LogP contribution in [-0.4, -0.2) is 82.8 Å². The predicted octanol–water partition coefficient (Wildman–Crippen LogP) is -2.98. The lowest BCUT2D eigenvalue weighted by Crippen LogP contribution is -2.60. The number of hydrogen-bond donors (Lipinski definition) is 5. The van der Waals surface area contributed by atoms with Gasteiger partial charge in [-0.15, -0.1) is 0 Å². The van der Waals surface area contributed by atoms with Crippen molar-refractivity contribution in [3.63, 3.8) is 0 Å². The van der Waals surface area contributed by atoms with Crippen molar-refractivity contribution in [1.82, 2.24) is 9.55 Å². The minimum absolute atomic E-state index is 0.0843. The van der Waals surface area contributed by atoms with Crippen LogP contribution in [0.3, 0.4) is 0 Å². The molecule has 1 aliphatic heterocycles. The van der Waals surface area contributed by atoms with Gasteiger partial charge in [0.1, 0.15) is 41.4 Å². The Bertz CT molecular complexity index is 937. The van der Waals surface area contributed by atoms with E-state index < -0.39 is 52.8 Å². The van der Waals surface area contributed by atoms with Gasteiger partial charge in [0.25, 0.3) is 11.4 Å². The lowest BCUT2D eigenvalue weighted by atomic mass is 9.59. The normalized spacial score (nSPS) is 31.7. The molecule has 1 aromatic rings. The van der Waals surface area contributed by atoms with Crippen LogP contribution in [-0.2, 0) is 19.4 Å². The second-order valence-electron chi connectivity index (χ2n) is 5.60. The molecule has 0 aromatic carbocycles. The highest BCUT2D eigenvalue weighted by atomic mass is 32.1. The minimum atomic E-state index is -5.50. The van der Waals surface area contributed by atoms with Gasteiger partial charge in [0.2, 0.25) is 0 Å². The third kappa shape index (κ3) is 3.63. The third-order valence-corrected chi connectivity index (χ3v) is 4.53. The Balaban J connectivity index is 2.62. The summed E-state index contributed by atoms with van der Waals surface area (Å²) in [5.74, 6) is -3.88. The molecule has 0 amide bonds. The molecule has 4 atom stereocenters. The fourth-order valence-electron chi connectivity index (χ4n) is 2.38. The van der Waals surface area contributed by atoms with Crippen molar-refractivity contribution in [3.8, 4) is 0 Å². The van der Waals surface area contributed by atoms with E-state index in [4.69, 9.17) is 50.3 Å². The number of aromatic nitrogens is 2. The van der Waals surface area contributed by atoms with E-state index in [1.165, 1.54) is 0 Å². The molecule has 11 nitrogen and oxygen atoms in total. The molecule has 17 heteroatoms. The maximum absolute atomic E-state index is 15.2. The number of nitrogens with zero attached hydrogens (tertiary/aromatic N) is 1. The number of nitrogens with one attached hydrogen (secondary N) is 1. The zero-order chi connectivity index (χ0) is 21.0. The van der Waals surface area contributed by atoms with Crippen molar-refractivity contribution in [2.24, 2.45) is 0 Å². The standard InChI is InChI=1S/C10H9B3FN2O9PS/c11-9(16-1-3(2-17)6(20)15-7(16)27)5(19)4(18)8(14,24-9)10(12,13)25-26(21,22)23/h1-2,4-5,18-19H,(H,15,20,27)(H2,21,22,23)/t4-,5+,8-,9-/m0/s1. The Labute approximate surface area is 159 Å². The number of carbonyl (C=O) groups excluding carboxylic acids is 1. The zero-order valence-electron chi connectivity index (χ0n) is 13.1. The maximum Gasteiger partial charge on any atom is 0.468 e. The second kappa shape index (κ2) is 6.74. The molecule has 27 heavy (non-hydrogen) atoms. The van der Waals surface area contributed by atoms with Gasteiger partial charge in [-0.05, 0) is 12.2 Å². The Morgan fingerprint density at radius 3 is 2.48 bits per heavy atom. The van der Waals surface area contributed by atoms with Crippen molar-refractivity contribution in [2.75, 3.05) is 0 Å². The predicted molar refractivity (Wildman–Crippen MR) is 89.3 cm³/mol. The van der Waals surface area contributed by atoms with Crippen molar-refractivity contribution in [3.05, 3.63) is 26.9 Å². The quantitative estimate of drug-likeness (QED) is 0.144. The van der Waals surface area contributed by atoms with Crippen LogP contribution in [0.1, 0.15) is 10.4 Å². The Kier molecular flexibility index (Phi) is 5.54. The van der Waals surface area contributed by atoms with E-state index in [1.54, 1.807) is 0 Å². The smallest absolute Gasteiger partial charge is 0.386 e. The van der Waals surface area contributed by atoms with Gasteiger partial charge >= 0.3 is 7.82 Å². The van der Waals surface area contributed by atoms with Crippen molar-refractivity contribution < 1.29 is 43.0 Å². The van der Waals surface area contributed by atoms with Gasteiger partial charge in [0, 0.05) is 6.20 Å². The van der Waals surface area contributed by atoms with Crippen LogP contribution in [0.2, 0.25) is 0 Å². The van der Waals surface area contributed by atoms with Gasteiger partial charge < -0.3 is 29.3 Å². The average molecular weight is 416 g/mol. The SMILES string of the molecule is [B]C([B])(OP(=O)(O)O)[C@@]1(F)O[C@@]([B])(n2cc(C=O)c(=O)[nH]c2=S)[C@H](O)[C@@H]1O. The van der Waals surface area contributed by atoms with Gasteiger partial charge in [0.05, 0.1) is 11.0 Å². The molecule has 0 bridgehead atoms. The number of phosphoric ester groups is 1. The van der Waals surface area contributed by atoms with Crippen LogP contribution < -0.4 is 5.56 Å². The number of halogens is 1. The summed E-state index contributed by atoms with van der Waals surface area (Å²) in [5.41, 5.74) is -4.32. The zero-order valence-corrected chi connectivity index (χ0v) is 14.8. The molecule has 1 fully saturated rings. The highest BCUT2D eigenvalue weighted by molar-refractivity contribution is 7.71. The van der Waals surface area contributed by atoms with Crippen molar-refractivity contribution >= 4 is 49.9 Å². The molecule has 5 N–H and O–H groups in total. The average Bonchev–Trinajstić information content (AvgIpc) is 2.68. The Morgan fingerprint density at radius 1 is 1.44 bits per heavy atom. The van der Waals surface area contributed by atoms with E-state index in [0.717, 1.165) is 0 Å². The lowest BCUT2D eigenvalue weighted by Gasteiger charge is -2.40. The van der Waals surface area contributed by atoms with Crippen LogP contribution in [0, 0.1) is 4.77 Å². The molecule has 2 heterocycles. The molecule has 6 radical (unpaired) electrons. The summed E-state index contributed by atoms with van der Waals surface area (Å²) in [6.07, 6.45) is -4.35. The summed E-state index contributed by atoms with van der Waals surface area (Å²) in [4.78, 5) is 42.1. The van der Waals surface area contributed by atoms with E-state index in [9.17, 15) is 24.4 Å². The number of phosphoric acid groups is 1. The molecule has 1 aromatic heterocycles. The van der Waals surface area contributed by atoms with Crippen LogP contribution in [0.4, 0.5) is 4.39 Å². The largest absolute Gasteiger partial charge is 0.468 e. The Morgan fingerprint density at radius 2 is 2.00 bits per heavy atom. The van der Waals surface area contributed by atoms with E-state index in [2.05, 4.69) is 4.52 Å². The number of H-pyrrole nitrogens is 1. The van der Waals surface area contributed by atoms with E-state index in [0.29, 0.717) is 10.8 Å². The number of alkyl halides is 1. The number of ether oxygens (including phenoxy) is 1. The summed E-state index contributed by atoms with van der Waals surface area (Å²) < 4.78 is 34.7. The van der Waals surface area contributed by atoms with Crippen LogP contribution in [0.15, 0.2) is 11.0 Å². The number of aldehydes is 1. The maximum atomic E-state index is 15.2. The van der Waals surface area contributed by atoms with E-state index in [1.807, 2.05) is 4.98 Å². The van der Waals surface area contributed by atoms with Gasteiger partial charge in [-0.25, -0.2) is 8.96 Å². The fourth-order valence-corrected chi connectivity index (χ4v) is 3.19. The van der Waals surface area contributed by atoms with E-state index >= 15 is 4.39 Å². The second-order valence-corrected chi connectivity index (χ2v) is 7.15. The number of aliphatic hydroxyl groups is 2. The molecule has 1 saturated heterocycles. The molecule has 0 saturated carbocycles. The summed E-state index contributed by atoms with van der Waals surface area (Å²) in [6.45, 7) is 0. The number of aliphatic hydroxyl groups excluding tert-OH is 2. The summed E-state index contributed by atoms with van der Waals surface area (Å²) >= 11 is 4.80. The molecule has 1 aliphatic rings. The fraction of sp³-hybridized carbons (Fsp3) is 0.500. The van der Waals surface area contributed by atoms with Crippen molar-refractivity contribution in [1.29, 1.82) is 0 Å². The first kappa shape index (κ1) is 22.2. The number of hydrogen-bond acceptors (Lipinski definition) is 8. The summed E-state index contributed by atoms with van der Waals surface area (Å²) in [6, 6.07) is 0. The molecule has 0 aliphatic carbocycles. The monoisotopic (exact) mass is 416 g/mol. The van der Waals surface area contributed by atoms with Crippen LogP contribution in [0.25, 0.3) is 0 Å². The highest BCUT2D eigenvalue weighted by Crippen LogP contribution is 2.51. The van der Waals surface area contributed by atoms with E-state index in [-0.39, 0.29) is 6.29 Å². The van der Waals surface area contributed by atoms with Gasteiger partial charge in [-0.1, -0.05) is 0 Å². The van der Waals surface area contributed by atoms with Gasteiger partial charge in [-0.3, -0.25) is 19.1 Å². The molecule has 2 rings (SSSR count). The molecular formula is C10H9B3FN2O9PS. The topological polar surface area (TPSA) is 171 Å². The molecular weight excluding hydrogens is 407 g/mol. The van der Waals surface area contributed by atoms with Crippen molar-refractivity contribution in [2.45, 2.75) is 29.1 Å². The number of aromatic amines is 1. The molecule has 140 valence electrons. The molecule has 0 spiro atoms. The number of carbonyl (C=O) groups is 1. The number of rotatable bonds is 5.